The van der Waals surface area contributed by atoms with Crippen LogP contribution in [0, 0.1) is 5.82 Å². The summed E-state index contributed by atoms with van der Waals surface area (Å²) >= 11 is 1.74. The molecule has 0 unspecified atom stereocenters. The first kappa shape index (κ1) is 21.2. The number of rotatable bonds is 7. The van der Waals surface area contributed by atoms with Crippen LogP contribution >= 0.6 is 11.8 Å². The summed E-state index contributed by atoms with van der Waals surface area (Å²) in [5.74, 6) is -0.818. The summed E-state index contributed by atoms with van der Waals surface area (Å²) in [6.07, 6.45) is 3.65. The Morgan fingerprint density at radius 3 is 2.48 bits per heavy atom. The molecule has 0 bridgehead atoms. The van der Waals surface area contributed by atoms with Crippen molar-refractivity contribution in [1.29, 1.82) is 0 Å². The van der Waals surface area contributed by atoms with Crippen molar-refractivity contribution in [3.05, 3.63) is 71.6 Å². The first-order chi connectivity index (χ1) is 12.7. The van der Waals surface area contributed by atoms with Crippen molar-refractivity contribution in [2.75, 3.05) is 13.3 Å². The lowest BCUT2D eigenvalue weighted by Crippen LogP contribution is -2.45. The average Bonchev–Trinajstić information content (AvgIpc) is 2.66. The monoisotopic (exact) mass is 385 g/mol. The number of hydrogen-bond donors (Lipinski definition) is 0. The molecule has 1 amide bonds. The van der Waals surface area contributed by atoms with Crippen molar-refractivity contribution in [2.45, 2.75) is 44.0 Å². The molecule has 0 radical (unpaired) electrons. The van der Waals surface area contributed by atoms with E-state index < -0.39 is 11.4 Å². The molecule has 0 spiro atoms. The third kappa shape index (κ3) is 4.81. The minimum atomic E-state index is -0.499. The number of nitrogens with zero attached hydrogens (tertiary/aromatic N) is 1. The van der Waals surface area contributed by atoms with Gasteiger partial charge in [-0.1, -0.05) is 37.8 Å². The topological polar surface area (TPSA) is 20.3 Å². The van der Waals surface area contributed by atoms with E-state index in [4.69, 9.17) is 0 Å². The molecular formula is C23H28FNOS. The van der Waals surface area contributed by atoms with Gasteiger partial charge in [0.25, 0.3) is 5.91 Å². The predicted octanol–water partition coefficient (Wildman–Crippen LogP) is 6.06. The highest BCUT2D eigenvalue weighted by molar-refractivity contribution is 7.98. The van der Waals surface area contributed by atoms with Crippen molar-refractivity contribution >= 4 is 23.2 Å². The molecule has 0 heterocycles. The number of carbonyl (C=O) groups is 1. The maximum atomic E-state index is 14.0. The molecule has 2 rings (SSSR count). The number of benzene rings is 2. The van der Waals surface area contributed by atoms with Gasteiger partial charge < -0.3 is 4.90 Å². The Hall–Kier alpha value is -2.07. The van der Waals surface area contributed by atoms with Crippen LogP contribution in [-0.4, -0.2) is 29.6 Å². The fraction of sp³-hybridized carbons (Fsp3) is 0.348. The molecular weight excluding hydrogens is 357 g/mol. The second kappa shape index (κ2) is 8.75. The van der Waals surface area contributed by atoms with Gasteiger partial charge in [-0.15, -0.1) is 11.8 Å². The molecule has 0 saturated heterocycles. The predicted molar refractivity (Wildman–Crippen MR) is 114 cm³/mol. The molecule has 2 aromatic rings. The lowest BCUT2D eigenvalue weighted by molar-refractivity contribution is 0.0630. The van der Waals surface area contributed by atoms with Crippen LogP contribution < -0.4 is 0 Å². The Morgan fingerprint density at radius 2 is 1.89 bits per heavy atom. The van der Waals surface area contributed by atoms with Crippen LogP contribution in [-0.2, 0) is 6.42 Å². The van der Waals surface area contributed by atoms with Gasteiger partial charge in [-0.05, 0) is 67.8 Å². The summed E-state index contributed by atoms with van der Waals surface area (Å²) in [5.41, 5.74) is 2.95. The van der Waals surface area contributed by atoms with Gasteiger partial charge in [0.15, 0.2) is 0 Å². The summed E-state index contributed by atoms with van der Waals surface area (Å²) in [7, 11) is 1.72. The summed E-state index contributed by atoms with van der Waals surface area (Å²) in [5, 5.41) is 0. The average molecular weight is 386 g/mol. The second-order valence-corrected chi connectivity index (χ2v) is 8.17. The number of aryl methyl sites for hydroxylation is 1. The molecule has 0 aliphatic carbocycles. The SMILES string of the molecule is C=C(CC(C)(C)N(C)C(=O)c1ccccc1F)c1ccc(SC)c(CC)c1. The van der Waals surface area contributed by atoms with Crippen molar-refractivity contribution in [3.8, 4) is 0 Å². The molecule has 144 valence electrons. The molecule has 0 N–H and O–H groups in total. The van der Waals surface area contributed by atoms with E-state index in [9.17, 15) is 9.18 Å². The summed E-state index contributed by atoms with van der Waals surface area (Å²) < 4.78 is 14.0. The van der Waals surface area contributed by atoms with Crippen molar-refractivity contribution in [3.63, 3.8) is 0 Å². The van der Waals surface area contributed by atoms with Gasteiger partial charge in [0.2, 0.25) is 0 Å². The number of amides is 1. The standard InChI is InChI=1S/C23H28FNOS/c1-7-17-14-18(12-13-21(17)27-6)16(2)15-23(3,4)25(5)22(26)19-10-8-9-11-20(19)24/h8-14H,2,7,15H2,1,3-6H3. The summed E-state index contributed by atoms with van der Waals surface area (Å²) in [4.78, 5) is 15.7. The van der Waals surface area contributed by atoms with E-state index in [0.29, 0.717) is 6.42 Å². The molecule has 0 aromatic heterocycles. The van der Waals surface area contributed by atoms with E-state index in [2.05, 4.69) is 38.0 Å². The highest BCUT2D eigenvalue weighted by Crippen LogP contribution is 2.31. The van der Waals surface area contributed by atoms with Crippen LogP contribution in [0.5, 0.6) is 0 Å². The summed E-state index contributed by atoms with van der Waals surface area (Å²) in [6.45, 7) is 10.4. The normalized spacial score (nSPS) is 11.3. The van der Waals surface area contributed by atoms with Gasteiger partial charge in [0, 0.05) is 17.5 Å². The van der Waals surface area contributed by atoms with Gasteiger partial charge in [-0.2, -0.15) is 0 Å². The van der Waals surface area contributed by atoms with Gasteiger partial charge in [-0.3, -0.25) is 4.79 Å². The molecule has 2 nitrogen and oxygen atoms in total. The number of carbonyl (C=O) groups excluding carboxylic acids is 1. The van der Waals surface area contributed by atoms with E-state index in [1.807, 2.05) is 13.8 Å². The number of hydrogen-bond acceptors (Lipinski definition) is 2. The summed E-state index contributed by atoms with van der Waals surface area (Å²) in [6, 6.07) is 12.5. The van der Waals surface area contributed by atoms with Gasteiger partial charge in [0.05, 0.1) is 5.56 Å². The van der Waals surface area contributed by atoms with Crippen LogP contribution in [0.25, 0.3) is 5.57 Å². The number of thioether (sulfide) groups is 1. The maximum absolute atomic E-state index is 14.0. The largest absolute Gasteiger partial charge is 0.336 e. The first-order valence-electron chi connectivity index (χ1n) is 9.09. The zero-order chi connectivity index (χ0) is 20.2. The van der Waals surface area contributed by atoms with Gasteiger partial charge >= 0.3 is 0 Å². The highest BCUT2D eigenvalue weighted by Gasteiger charge is 2.30. The Kier molecular flexibility index (Phi) is 6.88. The molecule has 0 atom stereocenters. The minimum absolute atomic E-state index is 0.0938. The zero-order valence-electron chi connectivity index (χ0n) is 16.8. The molecule has 27 heavy (non-hydrogen) atoms. The number of halogens is 1. The highest BCUT2D eigenvalue weighted by atomic mass is 32.2. The lowest BCUT2D eigenvalue weighted by atomic mass is 9.89. The molecule has 2 aromatic carbocycles. The van der Waals surface area contributed by atoms with E-state index in [0.717, 1.165) is 17.6 Å². The lowest BCUT2D eigenvalue weighted by Gasteiger charge is -2.36. The van der Waals surface area contributed by atoms with Crippen LogP contribution in [0.4, 0.5) is 4.39 Å². The van der Waals surface area contributed by atoms with Crippen LogP contribution in [0.15, 0.2) is 53.9 Å². The fourth-order valence-corrected chi connectivity index (χ4v) is 3.78. The third-order valence-corrected chi connectivity index (χ3v) is 5.87. The van der Waals surface area contributed by atoms with E-state index in [1.165, 1.54) is 22.6 Å². The molecule has 0 aliphatic rings. The maximum Gasteiger partial charge on any atom is 0.257 e. The Labute approximate surface area is 166 Å². The van der Waals surface area contributed by atoms with E-state index in [-0.39, 0.29) is 11.5 Å². The Morgan fingerprint density at radius 1 is 1.22 bits per heavy atom. The second-order valence-electron chi connectivity index (χ2n) is 7.32. The minimum Gasteiger partial charge on any atom is -0.336 e. The van der Waals surface area contributed by atoms with E-state index >= 15 is 0 Å². The van der Waals surface area contributed by atoms with Gasteiger partial charge in [-0.25, -0.2) is 4.39 Å². The van der Waals surface area contributed by atoms with Gasteiger partial charge in [0.1, 0.15) is 5.82 Å². The van der Waals surface area contributed by atoms with Crippen molar-refractivity contribution < 1.29 is 9.18 Å². The van der Waals surface area contributed by atoms with Crippen LogP contribution in [0.1, 0.15) is 48.7 Å². The Balaban J connectivity index is 2.20. The quantitative estimate of drug-likeness (QED) is 0.540. The molecule has 0 aliphatic heterocycles. The first-order valence-corrected chi connectivity index (χ1v) is 10.3. The van der Waals surface area contributed by atoms with Crippen molar-refractivity contribution in [2.24, 2.45) is 0 Å². The Bertz CT molecular complexity index is 844. The van der Waals surface area contributed by atoms with Crippen molar-refractivity contribution in [1.82, 2.24) is 4.90 Å². The van der Waals surface area contributed by atoms with E-state index in [1.54, 1.807) is 35.8 Å². The third-order valence-electron chi connectivity index (χ3n) is 5.03. The zero-order valence-corrected chi connectivity index (χ0v) is 17.6. The molecule has 0 fully saturated rings. The molecule has 0 saturated carbocycles. The van der Waals surface area contributed by atoms with Crippen LogP contribution in [0.3, 0.4) is 0 Å². The fourth-order valence-electron chi connectivity index (χ4n) is 3.11. The van der Waals surface area contributed by atoms with Crippen LogP contribution in [0.2, 0.25) is 0 Å². The molecule has 4 heteroatoms. The smallest absolute Gasteiger partial charge is 0.257 e.